The molecule has 4 atom stereocenters. The first-order valence-electron chi connectivity index (χ1n) is 9.14. The largest absolute Gasteiger partial charge is 0.481 e. The number of carboxylic acid groups (broad SMARTS) is 1. The first-order valence-corrected chi connectivity index (χ1v) is 9.52. The Balaban J connectivity index is 2.16. The maximum Gasteiger partial charge on any atom is 0.303 e. The lowest BCUT2D eigenvalue weighted by Crippen LogP contribution is -2.52. The Kier molecular flexibility index (Phi) is 8.08. The van der Waals surface area contributed by atoms with Gasteiger partial charge >= 0.3 is 5.97 Å². The van der Waals surface area contributed by atoms with Gasteiger partial charge in [0.25, 0.3) is 5.91 Å². The molecule has 0 aromatic heterocycles. The van der Waals surface area contributed by atoms with E-state index in [0.29, 0.717) is 0 Å². The lowest BCUT2D eigenvalue weighted by atomic mass is 9.89. The average Bonchev–Trinajstić information content (AvgIpc) is 2.69. The number of aliphatic hydroxyl groups excluding tert-OH is 2. The van der Waals surface area contributed by atoms with E-state index < -0.39 is 60.2 Å². The summed E-state index contributed by atoms with van der Waals surface area (Å²) in [5.41, 5.74) is 5.11. The summed E-state index contributed by atoms with van der Waals surface area (Å²) in [6.07, 6.45) is -2.60. The molecule has 3 amide bonds. The number of carbonyl (C=O) groups is 4. The zero-order valence-corrected chi connectivity index (χ0v) is 16.8. The van der Waals surface area contributed by atoms with Gasteiger partial charge in [-0.3, -0.25) is 19.2 Å². The topological polar surface area (TPSA) is 179 Å². The smallest absolute Gasteiger partial charge is 0.303 e. The predicted octanol–water partition coefficient (Wildman–Crippen LogP) is -0.536. The van der Waals surface area contributed by atoms with Gasteiger partial charge in [0, 0.05) is 24.0 Å². The molecule has 0 fully saturated rings. The van der Waals surface area contributed by atoms with Crippen LogP contribution < -0.4 is 16.4 Å². The second-order valence-electron chi connectivity index (χ2n) is 6.94. The molecular formula is C19H21ClFN3O7. The summed E-state index contributed by atoms with van der Waals surface area (Å²) in [6.45, 7) is 0. The molecule has 1 aliphatic carbocycles. The number of nitrogens with two attached hydrogens (primary N) is 1. The molecule has 1 aromatic rings. The molecule has 1 aromatic carbocycles. The van der Waals surface area contributed by atoms with Crippen molar-refractivity contribution >= 4 is 35.3 Å². The molecule has 0 aliphatic heterocycles. The minimum Gasteiger partial charge on any atom is -0.481 e. The van der Waals surface area contributed by atoms with Gasteiger partial charge in [0.15, 0.2) is 0 Å². The molecular weight excluding hydrogens is 437 g/mol. The third kappa shape index (κ3) is 6.48. The molecule has 0 heterocycles. The van der Waals surface area contributed by atoms with Crippen molar-refractivity contribution in [2.24, 2.45) is 5.73 Å². The second-order valence-corrected chi connectivity index (χ2v) is 7.35. The molecule has 0 unspecified atom stereocenters. The molecule has 0 bridgehead atoms. The Morgan fingerprint density at radius 1 is 1.23 bits per heavy atom. The molecule has 31 heavy (non-hydrogen) atoms. The van der Waals surface area contributed by atoms with Crippen molar-refractivity contribution in [3.63, 3.8) is 0 Å². The van der Waals surface area contributed by atoms with Gasteiger partial charge in [-0.2, -0.15) is 0 Å². The third-order valence-corrected chi connectivity index (χ3v) is 4.93. The van der Waals surface area contributed by atoms with Crippen molar-refractivity contribution in [2.45, 2.75) is 43.6 Å². The van der Waals surface area contributed by atoms with Crippen molar-refractivity contribution < 1.29 is 38.9 Å². The Labute approximate surface area is 180 Å². The summed E-state index contributed by atoms with van der Waals surface area (Å²) in [4.78, 5) is 47.0. The van der Waals surface area contributed by atoms with E-state index in [1.54, 1.807) is 0 Å². The van der Waals surface area contributed by atoms with Gasteiger partial charge in [0.1, 0.15) is 18.0 Å². The zero-order chi connectivity index (χ0) is 23.3. The Morgan fingerprint density at radius 2 is 1.90 bits per heavy atom. The summed E-state index contributed by atoms with van der Waals surface area (Å²) < 4.78 is 13.3. The Hall–Kier alpha value is -3.02. The maximum atomic E-state index is 13.3. The van der Waals surface area contributed by atoms with Crippen LogP contribution in [-0.2, 0) is 14.4 Å². The third-order valence-electron chi connectivity index (χ3n) is 4.64. The summed E-state index contributed by atoms with van der Waals surface area (Å²) >= 11 is 5.65. The molecule has 1 aliphatic rings. The van der Waals surface area contributed by atoms with Gasteiger partial charge in [-0.25, -0.2) is 4.39 Å². The summed E-state index contributed by atoms with van der Waals surface area (Å²) in [7, 11) is 0. The van der Waals surface area contributed by atoms with Crippen LogP contribution in [0.25, 0.3) is 0 Å². The van der Waals surface area contributed by atoms with Crippen LogP contribution in [0.15, 0.2) is 29.8 Å². The molecule has 0 saturated carbocycles. The molecule has 10 nitrogen and oxygen atoms in total. The molecule has 0 spiro atoms. The van der Waals surface area contributed by atoms with E-state index in [0.717, 1.165) is 12.1 Å². The van der Waals surface area contributed by atoms with Crippen LogP contribution in [0, 0.1) is 5.82 Å². The highest BCUT2D eigenvalue weighted by Gasteiger charge is 2.34. The number of carboxylic acids is 1. The number of carbonyl (C=O) groups excluding carboxylic acids is 3. The van der Waals surface area contributed by atoms with Gasteiger partial charge in [0.2, 0.25) is 11.8 Å². The monoisotopic (exact) mass is 457 g/mol. The first-order chi connectivity index (χ1) is 14.5. The second kappa shape index (κ2) is 10.3. The van der Waals surface area contributed by atoms with Crippen molar-refractivity contribution in [1.29, 1.82) is 0 Å². The van der Waals surface area contributed by atoms with E-state index in [1.165, 1.54) is 12.1 Å². The van der Waals surface area contributed by atoms with E-state index in [-0.39, 0.29) is 29.0 Å². The first kappa shape index (κ1) is 24.3. The van der Waals surface area contributed by atoms with E-state index in [4.69, 9.17) is 22.4 Å². The standard InChI is InChI=1S/C19H21ClFN3O7/c20-10-5-8(1-2-11(10)21)18(30)24-13-6-9(7-14(25)16(13)28)19(31)23-12(17(22)29)3-4-15(26)27/h1-2,5-6,12-14,16,25,28H,3-4,7H2,(H2,22,29)(H,23,31)(H,24,30)(H,26,27)/t12-,13+,14+,16+/m0/s1. The highest BCUT2D eigenvalue weighted by molar-refractivity contribution is 6.31. The van der Waals surface area contributed by atoms with E-state index in [9.17, 15) is 33.8 Å². The van der Waals surface area contributed by atoms with Crippen molar-refractivity contribution in [1.82, 2.24) is 10.6 Å². The fraction of sp³-hybridized carbons (Fsp3) is 0.368. The summed E-state index contributed by atoms with van der Waals surface area (Å²) in [5.74, 6) is -4.40. The van der Waals surface area contributed by atoms with Gasteiger partial charge in [-0.05, 0) is 24.6 Å². The molecule has 0 saturated heterocycles. The molecule has 168 valence electrons. The quantitative estimate of drug-likeness (QED) is 0.303. The molecule has 2 rings (SSSR count). The number of amides is 3. The fourth-order valence-corrected chi connectivity index (χ4v) is 3.12. The number of aliphatic hydroxyl groups is 2. The number of hydrogen-bond acceptors (Lipinski definition) is 6. The maximum absolute atomic E-state index is 13.3. The van der Waals surface area contributed by atoms with Crippen LogP contribution in [0.2, 0.25) is 5.02 Å². The van der Waals surface area contributed by atoms with Crippen LogP contribution in [0.1, 0.15) is 29.6 Å². The fourth-order valence-electron chi connectivity index (χ4n) is 2.94. The number of rotatable bonds is 8. The van der Waals surface area contributed by atoms with E-state index in [2.05, 4.69) is 10.6 Å². The van der Waals surface area contributed by atoms with Gasteiger partial charge in [-0.15, -0.1) is 0 Å². The van der Waals surface area contributed by atoms with Gasteiger partial charge in [-0.1, -0.05) is 17.7 Å². The van der Waals surface area contributed by atoms with Gasteiger partial charge < -0.3 is 31.7 Å². The lowest BCUT2D eigenvalue weighted by Gasteiger charge is -2.31. The van der Waals surface area contributed by atoms with E-state index >= 15 is 0 Å². The van der Waals surface area contributed by atoms with Crippen LogP contribution in [0.3, 0.4) is 0 Å². The molecule has 12 heteroatoms. The van der Waals surface area contributed by atoms with Gasteiger partial charge in [0.05, 0.1) is 17.2 Å². The Bertz CT molecular complexity index is 924. The van der Waals surface area contributed by atoms with Crippen LogP contribution in [0.4, 0.5) is 4.39 Å². The summed E-state index contributed by atoms with van der Waals surface area (Å²) in [6, 6.07) is 0.781. The zero-order valence-electron chi connectivity index (χ0n) is 16.0. The SMILES string of the molecule is NC(=O)[C@H](CCC(=O)O)NC(=O)C1=C[C@@H](NC(=O)c2ccc(F)c(Cl)c2)[C@@H](O)[C@H](O)C1. The number of halogens is 2. The number of aliphatic carboxylic acids is 1. The van der Waals surface area contributed by atoms with Crippen LogP contribution >= 0.6 is 11.6 Å². The number of benzene rings is 1. The Morgan fingerprint density at radius 3 is 2.48 bits per heavy atom. The van der Waals surface area contributed by atoms with Crippen LogP contribution in [0.5, 0.6) is 0 Å². The number of hydrogen-bond donors (Lipinski definition) is 6. The van der Waals surface area contributed by atoms with Crippen molar-refractivity contribution in [3.05, 3.63) is 46.3 Å². The number of nitrogens with one attached hydrogen (secondary N) is 2. The minimum absolute atomic E-state index is 0.0134. The van der Waals surface area contributed by atoms with Crippen LogP contribution in [-0.4, -0.2) is 63.3 Å². The number of primary amides is 1. The highest BCUT2D eigenvalue weighted by Crippen LogP contribution is 2.21. The normalized spacial score (nSPS) is 21.5. The van der Waals surface area contributed by atoms with Crippen molar-refractivity contribution in [3.8, 4) is 0 Å². The summed E-state index contributed by atoms with van der Waals surface area (Å²) in [5, 5.41) is 33.4. The molecule has 0 radical (unpaired) electrons. The lowest BCUT2D eigenvalue weighted by molar-refractivity contribution is -0.137. The van der Waals surface area contributed by atoms with Crippen molar-refractivity contribution in [2.75, 3.05) is 0 Å². The van der Waals surface area contributed by atoms with E-state index in [1.807, 2.05) is 0 Å². The highest BCUT2D eigenvalue weighted by atomic mass is 35.5. The minimum atomic E-state index is -1.45. The molecule has 7 N–H and O–H groups in total. The average molecular weight is 458 g/mol. The predicted molar refractivity (Wildman–Crippen MR) is 105 cm³/mol.